The van der Waals surface area contributed by atoms with E-state index in [0.29, 0.717) is 37.3 Å². The Balaban J connectivity index is 1.02. The highest BCUT2D eigenvalue weighted by Gasteiger charge is 2.37. The maximum absolute atomic E-state index is 13.0. The fourth-order valence-corrected chi connectivity index (χ4v) is 7.95. The smallest absolute Gasteiger partial charge is 0.328 e. The monoisotopic (exact) mass is 803 g/mol. The molecule has 58 heavy (non-hydrogen) atoms. The van der Waals surface area contributed by atoms with Gasteiger partial charge in [0.05, 0.1) is 31.5 Å². The highest BCUT2D eigenvalue weighted by atomic mass is 35.5. The van der Waals surface area contributed by atoms with Crippen LogP contribution in [-0.4, -0.2) is 66.0 Å². The predicted octanol–water partition coefficient (Wildman–Crippen LogP) is 7.61. The Kier molecular flexibility index (Phi) is 13.6. The average Bonchev–Trinajstić information content (AvgIpc) is 3.26. The summed E-state index contributed by atoms with van der Waals surface area (Å²) >= 11 is 6.11. The second-order valence-corrected chi connectivity index (χ2v) is 15.5. The lowest BCUT2D eigenvalue weighted by molar-refractivity contribution is -0.253. The van der Waals surface area contributed by atoms with E-state index in [1.54, 1.807) is 0 Å². The van der Waals surface area contributed by atoms with Crippen LogP contribution in [0.1, 0.15) is 65.0 Å². The largest absolute Gasteiger partial charge is 0.467 e. The molecule has 2 aliphatic rings. The minimum atomic E-state index is -0.893. The van der Waals surface area contributed by atoms with Crippen LogP contribution in [0.2, 0.25) is 5.02 Å². The van der Waals surface area contributed by atoms with E-state index in [2.05, 4.69) is 15.5 Å². The van der Waals surface area contributed by atoms with Gasteiger partial charge in [0.2, 0.25) is 0 Å². The van der Waals surface area contributed by atoms with Crippen LogP contribution in [0.4, 0.5) is 4.79 Å². The molecule has 0 saturated carbocycles. The van der Waals surface area contributed by atoms with E-state index in [9.17, 15) is 19.8 Å². The minimum Gasteiger partial charge on any atom is -0.467 e. The number of likely N-dealkylation sites (tertiary alicyclic amines) is 1. The van der Waals surface area contributed by atoms with E-state index in [1.165, 1.54) is 7.11 Å². The van der Waals surface area contributed by atoms with Gasteiger partial charge in [-0.2, -0.15) is 0 Å². The van der Waals surface area contributed by atoms with Gasteiger partial charge in [0.1, 0.15) is 6.04 Å². The SMILES string of the molecule is COC(=O)[C@H](Cc1ccccc1)NC(=O)NCc1ccccc1-c1ccc([C@@H]2O[C@H](CN3CCC(O)(c4ccc(Cl)cc4)CC3)C[C@H](c3ccc(CO)cc3)O2)cc1. The Hall–Kier alpha value is -5.07. The van der Waals surface area contributed by atoms with Gasteiger partial charge in [-0.3, -0.25) is 0 Å². The Labute approximate surface area is 344 Å². The number of ether oxygens (including phenoxy) is 3. The zero-order valence-electron chi connectivity index (χ0n) is 32.6. The number of hydrogen-bond donors (Lipinski definition) is 4. The van der Waals surface area contributed by atoms with Crippen molar-refractivity contribution in [2.24, 2.45) is 0 Å². The van der Waals surface area contributed by atoms with Crippen molar-refractivity contribution < 1.29 is 34.0 Å². The van der Waals surface area contributed by atoms with Gasteiger partial charge in [-0.25, -0.2) is 9.59 Å². The fraction of sp³-hybridized carbons (Fsp3) is 0.319. The molecule has 0 aromatic heterocycles. The van der Waals surface area contributed by atoms with Crippen LogP contribution < -0.4 is 10.6 Å². The standard InChI is InChI=1S/C47H50ClN3O7/c1-56-44(53)42(27-32-7-3-2-4-8-32)50-46(54)49-29-37-9-5-6-10-41(37)34-15-17-36(18-16-34)45-57-40(28-43(58-45)35-13-11-33(31-52)12-14-35)30-51-25-23-47(55,24-26-51)38-19-21-39(48)22-20-38/h2-22,40,42-43,45,52,55H,23-31H2,1H3,(H2,49,50,54)/t40-,42-,43+,45+/m0/s1. The third kappa shape index (κ3) is 10.3. The zero-order chi connectivity index (χ0) is 40.5. The molecule has 5 aromatic rings. The number of piperidine rings is 1. The summed E-state index contributed by atoms with van der Waals surface area (Å²) in [5, 5.41) is 27.5. The van der Waals surface area contributed by atoms with Crippen LogP contribution in [0, 0.1) is 0 Å². The molecule has 2 aliphatic heterocycles. The average molecular weight is 804 g/mol. The molecule has 2 saturated heterocycles. The van der Waals surface area contributed by atoms with Gasteiger partial charge < -0.3 is 40.0 Å². The van der Waals surface area contributed by atoms with Crippen molar-refractivity contribution in [2.45, 2.75) is 69.0 Å². The Morgan fingerprint density at radius 1 is 0.845 bits per heavy atom. The van der Waals surface area contributed by atoms with Crippen LogP contribution in [0.5, 0.6) is 0 Å². The van der Waals surface area contributed by atoms with Crippen molar-refractivity contribution in [2.75, 3.05) is 26.7 Å². The quantitative estimate of drug-likeness (QED) is 0.0896. The van der Waals surface area contributed by atoms with Crippen LogP contribution >= 0.6 is 11.6 Å². The highest BCUT2D eigenvalue weighted by Crippen LogP contribution is 2.40. The van der Waals surface area contributed by atoms with Crippen molar-refractivity contribution in [1.82, 2.24) is 15.5 Å². The van der Waals surface area contributed by atoms with Gasteiger partial charge in [0.25, 0.3) is 0 Å². The number of nitrogens with one attached hydrogen (secondary N) is 2. The fourth-order valence-electron chi connectivity index (χ4n) is 7.82. The summed E-state index contributed by atoms with van der Waals surface area (Å²) in [5.41, 5.74) is 6.46. The summed E-state index contributed by atoms with van der Waals surface area (Å²) in [6.45, 7) is 2.36. The molecule has 302 valence electrons. The van der Waals surface area contributed by atoms with E-state index in [-0.39, 0.29) is 25.4 Å². The number of methoxy groups -OCH3 is 1. The van der Waals surface area contributed by atoms with E-state index in [1.807, 2.05) is 127 Å². The number of carbonyl (C=O) groups excluding carboxylic acids is 2. The lowest BCUT2D eigenvalue weighted by Gasteiger charge is -2.42. The van der Waals surface area contributed by atoms with Gasteiger partial charge in [-0.05, 0) is 63.9 Å². The number of urea groups is 1. The number of nitrogens with zero attached hydrogens (tertiary/aromatic N) is 1. The molecule has 2 heterocycles. The summed E-state index contributed by atoms with van der Waals surface area (Å²) in [5.74, 6) is -0.517. The first-order chi connectivity index (χ1) is 28.2. The normalized spacial score (nSPS) is 19.8. The Morgan fingerprint density at radius 2 is 1.52 bits per heavy atom. The van der Waals surface area contributed by atoms with Crippen molar-refractivity contribution >= 4 is 23.6 Å². The van der Waals surface area contributed by atoms with Crippen LogP contribution in [-0.2, 0) is 44.2 Å². The van der Waals surface area contributed by atoms with Gasteiger partial charge >= 0.3 is 12.0 Å². The van der Waals surface area contributed by atoms with Gasteiger partial charge in [0, 0.05) is 49.6 Å². The molecule has 0 bridgehead atoms. The molecule has 0 aliphatic carbocycles. The summed E-state index contributed by atoms with van der Waals surface area (Å²) in [4.78, 5) is 27.9. The van der Waals surface area contributed by atoms with Gasteiger partial charge in [0.15, 0.2) is 6.29 Å². The molecule has 4 atom stereocenters. The molecule has 0 radical (unpaired) electrons. The number of amides is 2. The number of esters is 1. The van der Waals surface area contributed by atoms with E-state index in [0.717, 1.165) is 57.6 Å². The summed E-state index contributed by atoms with van der Waals surface area (Å²) in [7, 11) is 1.31. The number of rotatable bonds is 13. The Bertz CT molecular complexity index is 2110. The molecule has 7 rings (SSSR count). The van der Waals surface area contributed by atoms with Crippen molar-refractivity contribution in [3.8, 4) is 11.1 Å². The molecule has 0 unspecified atom stereocenters. The van der Waals surface area contributed by atoms with Gasteiger partial charge in [-0.1, -0.05) is 127 Å². The number of benzene rings is 5. The molecule has 10 nitrogen and oxygen atoms in total. The molecule has 11 heteroatoms. The molecule has 0 spiro atoms. The Morgan fingerprint density at radius 3 is 2.21 bits per heavy atom. The second kappa shape index (κ2) is 19.1. The first kappa shape index (κ1) is 41.1. The molecule has 2 fully saturated rings. The molecular formula is C47H50ClN3O7. The summed E-state index contributed by atoms with van der Waals surface area (Å²) in [6, 6.07) is 39.5. The second-order valence-electron chi connectivity index (χ2n) is 15.1. The molecular weight excluding hydrogens is 754 g/mol. The summed E-state index contributed by atoms with van der Waals surface area (Å²) < 4.78 is 18.3. The van der Waals surface area contributed by atoms with Gasteiger partial charge in [-0.15, -0.1) is 0 Å². The van der Waals surface area contributed by atoms with Crippen LogP contribution in [0.25, 0.3) is 11.1 Å². The molecule has 4 N–H and O–H groups in total. The van der Waals surface area contributed by atoms with Crippen molar-refractivity contribution in [3.63, 3.8) is 0 Å². The van der Waals surface area contributed by atoms with E-state index >= 15 is 0 Å². The van der Waals surface area contributed by atoms with E-state index in [4.69, 9.17) is 25.8 Å². The summed E-state index contributed by atoms with van der Waals surface area (Å²) in [6.07, 6.45) is 1.21. The number of aliphatic hydroxyl groups excluding tert-OH is 1. The lowest BCUT2D eigenvalue weighted by Crippen LogP contribution is -2.47. The minimum absolute atomic E-state index is 0.0269. The third-order valence-electron chi connectivity index (χ3n) is 11.2. The highest BCUT2D eigenvalue weighted by molar-refractivity contribution is 6.30. The molecule has 5 aromatic carbocycles. The first-order valence-electron chi connectivity index (χ1n) is 19.8. The maximum Gasteiger partial charge on any atom is 0.328 e. The zero-order valence-corrected chi connectivity index (χ0v) is 33.3. The predicted molar refractivity (Wildman–Crippen MR) is 223 cm³/mol. The molecule has 2 amide bonds. The number of halogens is 1. The number of carbonyl (C=O) groups is 2. The van der Waals surface area contributed by atoms with Crippen LogP contribution in [0.3, 0.4) is 0 Å². The van der Waals surface area contributed by atoms with E-state index < -0.39 is 29.9 Å². The topological polar surface area (TPSA) is 130 Å². The number of hydrogen-bond acceptors (Lipinski definition) is 8. The lowest BCUT2D eigenvalue weighted by atomic mass is 9.84. The number of aliphatic hydroxyl groups is 2. The third-order valence-corrected chi connectivity index (χ3v) is 11.4. The first-order valence-corrected chi connectivity index (χ1v) is 20.1. The maximum atomic E-state index is 13.0. The van der Waals surface area contributed by atoms with Crippen molar-refractivity contribution in [1.29, 1.82) is 0 Å². The van der Waals surface area contributed by atoms with Crippen molar-refractivity contribution in [3.05, 3.63) is 166 Å². The van der Waals surface area contributed by atoms with Crippen LogP contribution in [0.15, 0.2) is 127 Å².